The van der Waals surface area contributed by atoms with Crippen LogP contribution < -0.4 is 10.2 Å². The third-order valence-corrected chi connectivity index (χ3v) is 4.93. The molecule has 1 aliphatic rings. The standard InChI is InChI=1S/C22H24FN3O3/c1-16-5-4-6-17(13-16)14-20(27)22(29)24-15-21(28)26-11-9-25(10-12-26)19-8-3-2-7-18(19)23/h2-8,13H,9-12,14-15H2,1H3,(H,24,29). The van der Waals surface area contributed by atoms with Gasteiger partial charge >= 0.3 is 0 Å². The molecule has 0 saturated carbocycles. The first-order valence-corrected chi connectivity index (χ1v) is 9.58. The number of nitrogens with one attached hydrogen (secondary N) is 1. The number of benzene rings is 2. The summed E-state index contributed by atoms with van der Waals surface area (Å²) < 4.78 is 13.9. The molecule has 3 rings (SSSR count). The van der Waals surface area contributed by atoms with E-state index < -0.39 is 11.7 Å². The highest BCUT2D eigenvalue weighted by atomic mass is 19.1. The number of carbonyl (C=O) groups excluding carboxylic acids is 3. The molecule has 6 nitrogen and oxygen atoms in total. The van der Waals surface area contributed by atoms with Crippen LogP contribution in [-0.2, 0) is 20.8 Å². The highest BCUT2D eigenvalue weighted by molar-refractivity contribution is 6.36. The summed E-state index contributed by atoms with van der Waals surface area (Å²) in [7, 11) is 0. The van der Waals surface area contributed by atoms with Crippen molar-refractivity contribution >= 4 is 23.3 Å². The van der Waals surface area contributed by atoms with Gasteiger partial charge in [-0.05, 0) is 24.6 Å². The average Bonchev–Trinajstić information content (AvgIpc) is 2.72. The van der Waals surface area contributed by atoms with Crippen LogP contribution in [0.1, 0.15) is 11.1 Å². The van der Waals surface area contributed by atoms with Gasteiger partial charge in [-0.3, -0.25) is 14.4 Å². The highest BCUT2D eigenvalue weighted by Crippen LogP contribution is 2.20. The van der Waals surface area contributed by atoms with Gasteiger partial charge in [0.1, 0.15) is 5.82 Å². The lowest BCUT2D eigenvalue weighted by Gasteiger charge is -2.36. The maximum Gasteiger partial charge on any atom is 0.288 e. The van der Waals surface area contributed by atoms with Gasteiger partial charge in [-0.25, -0.2) is 4.39 Å². The molecule has 0 aliphatic carbocycles. The van der Waals surface area contributed by atoms with E-state index in [0.29, 0.717) is 31.9 Å². The number of halogens is 1. The Morgan fingerprint density at radius 1 is 1.00 bits per heavy atom. The summed E-state index contributed by atoms with van der Waals surface area (Å²) in [5.74, 6) is -1.88. The molecule has 1 saturated heterocycles. The Morgan fingerprint density at radius 3 is 2.41 bits per heavy atom. The second-order valence-corrected chi connectivity index (χ2v) is 7.09. The van der Waals surface area contributed by atoms with Crippen LogP contribution in [0.4, 0.5) is 10.1 Å². The highest BCUT2D eigenvalue weighted by Gasteiger charge is 2.23. The SMILES string of the molecule is Cc1cccc(CC(=O)C(=O)NCC(=O)N2CCN(c3ccccc3F)CC2)c1. The van der Waals surface area contributed by atoms with Crippen molar-refractivity contribution in [2.45, 2.75) is 13.3 Å². The number of rotatable bonds is 6. The largest absolute Gasteiger partial charge is 0.366 e. The number of hydrogen-bond acceptors (Lipinski definition) is 4. The zero-order chi connectivity index (χ0) is 20.8. The molecule has 1 heterocycles. The Balaban J connectivity index is 1.44. The fourth-order valence-electron chi connectivity index (χ4n) is 3.36. The summed E-state index contributed by atoms with van der Waals surface area (Å²) in [4.78, 5) is 39.9. The molecule has 0 bridgehead atoms. The van der Waals surface area contributed by atoms with E-state index in [-0.39, 0.29) is 24.7 Å². The second kappa shape index (κ2) is 9.32. The van der Waals surface area contributed by atoms with Gasteiger partial charge in [-0.1, -0.05) is 42.0 Å². The molecule has 0 radical (unpaired) electrons. The molecule has 0 aromatic heterocycles. The van der Waals surface area contributed by atoms with Gasteiger partial charge in [0, 0.05) is 32.6 Å². The van der Waals surface area contributed by atoms with Crippen LogP contribution in [0.3, 0.4) is 0 Å². The molecule has 7 heteroatoms. The van der Waals surface area contributed by atoms with E-state index in [4.69, 9.17) is 0 Å². The Kier molecular flexibility index (Phi) is 6.59. The van der Waals surface area contributed by atoms with Gasteiger partial charge in [0.25, 0.3) is 5.91 Å². The van der Waals surface area contributed by atoms with E-state index in [1.54, 1.807) is 29.2 Å². The fraction of sp³-hybridized carbons (Fsp3) is 0.318. The first kappa shape index (κ1) is 20.5. The predicted octanol–water partition coefficient (Wildman–Crippen LogP) is 1.71. The topological polar surface area (TPSA) is 69.7 Å². The smallest absolute Gasteiger partial charge is 0.288 e. The number of carbonyl (C=O) groups is 3. The average molecular weight is 397 g/mol. The minimum Gasteiger partial charge on any atom is -0.366 e. The lowest BCUT2D eigenvalue weighted by molar-refractivity contribution is -0.139. The number of piperazine rings is 1. The van der Waals surface area contributed by atoms with Crippen LogP contribution in [0.2, 0.25) is 0 Å². The maximum absolute atomic E-state index is 13.9. The third kappa shape index (κ3) is 5.40. The van der Waals surface area contributed by atoms with E-state index >= 15 is 0 Å². The van der Waals surface area contributed by atoms with Crippen molar-refractivity contribution in [2.24, 2.45) is 0 Å². The number of hydrogen-bond donors (Lipinski definition) is 1. The molecule has 2 amide bonds. The maximum atomic E-state index is 13.9. The zero-order valence-electron chi connectivity index (χ0n) is 16.4. The van der Waals surface area contributed by atoms with Gasteiger partial charge in [-0.2, -0.15) is 0 Å². The lowest BCUT2D eigenvalue weighted by Crippen LogP contribution is -2.51. The van der Waals surface area contributed by atoms with Gasteiger partial charge < -0.3 is 15.1 Å². The number of aryl methyl sites for hydroxylation is 1. The number of para-hydroxylation sites is 1. The number of anilines is 1. The zero-order valence-corrected chi connectivity index (χ0v) is 16.4. The van der Waals surface area contributed by atoms with Crippen molar-refractivity contribution in [1.82, 2.24) is 10.2 Å². The van der Waals surface area contributed by atoms with Crippen LogP contribution in [0, 0.1) is 12.7 Å². The fourth-order valence-corrected chi connectivity index (χ4v) is 3.36. The van der Waals surface area contributed by atoms with Crippen molar-refractivity contribution in [3.8, 4) is 0 Å². The second-order valence-electron chi connectivity index (χ2n) is 7.09. The van der Waals surface area contributed by atoms with E-state index in [1.165, 1.54) is 6.07 Å². The van der Waals surface area contributed by atoms with Crippen LogP contribution in [0.15, 0.2) is 48.5 Å². The molecule has 2 aromatic carbocycles. The molecule has 0 unspecified atom stereocenters. The summed E-state index contributed by atoms with van der Waals surface area (Å²) in [5, 5.41) is 2.41. The Hall–Kier alpha value is -3.22. The van der Waals surface area contributed by atoms with Crippen LogP contribution >= 0.6 is 0 Å². The van der Waals surface area contributed by atoms with E-state index in [0.717, 1.165) is 11.1 Å². The Bertz CT molecular complexity index is 908. The minimum absolute atomic E-state index is 0.00299. The van der Waals surface area contributed by atoms with Gasteiger partial charge in [-0.15, -0.1) is 0 Å². The molecule has 0 spiro atoms. The van der Waals surface area contributed by atoms with Gasteiger partial charge in [0.15, 0.2) is 0 Å². The van der Waals surface area contributed by atoms with E-state index in [1.807, 2.05) is 30.0 Å². The predicted molar refractivity (Wildman–Crippen MR) is 108 cm³/mol. The van der Waals surface area contributed by atoms with Crippen molar-refractivity contribution in [1.29, 1.82) is 0 Å². The summed E-state index contributed by atoms with van der Waals surface area (Å²) in [5.41, 5.74) is 2.30. The number of nitrogens with zero attached hydrogens (tertiary/aromatic N) is 2. The van der Waals surface area contributed by atoms with Crippen molar-refractivity contribution < 1.29 is 18.8 Å². The molecule has 2 aromatic rings. The van der Waals surface area contributed by atoms with Crippen LogP contribution in [-0.4, -0.2) is 55.2 Å². The van der Waals surface area contributed by atoms with Gasteiger partial charge in [0.2, 0.25) is 11.7 Å². The summed E-state index contributed by atoms with van der Waals surface area (Å²) in [6, 6.07) is 13.9. The summed E-state index contributed by atoms with van der Waals surface area (Å²) >= 11 is 0. The quantitative estimate of drug-likeness (QED) is 0.754. The first-order chi connectivity index (χ1) is 13.9. The van der Waals surface area contributed by atoms with Crippen molar-refractivity contribution in [2.75, 3.05) is 37.6 Å². The third-order valence-electron chi connectivity index (χ3n) is 4.93. The van der Waals surface area contributed by atoms with Crippen molar-refractivity contribution in [3.63, 3.8) is 0 Å². The Morgan fingerprint density at radius 2 is 1.72 bits per heavy atom. The molecular formula is C22H24FN3O3. The first-order valence-electron chi connectivity index (χ1n) is 9.58. The van der Waals surface area contributed by atoms with E-state index in [9.17, 15) is 18.8 Å². The summed E-state index contributed by atoms with van der Waals surface area (Å²) in [6.07, 6.45) is 0.00299. The lowest BCUT2D eigenvalue weighted by atomic mass is 10.1. The molecule has 1 aliphatic heterocycles. The number of amides is 2. The molecular weight excluding hydrogens is 373 g/mol. The molecule has 152 valence electrons. The number of Topliss-reactive ketones (excluding diaryl/α,β-unsaturated/α-hetero) is 1. The van der Waals surface area contributed by atoms with E-state index in [2.05, 4.69) is 5.32 Å². The normalized spacial score (nSPS) is 13.9. The minimum atomic E-state index is -0.759. The van der Waals surface area contributed by atoms with Crippen LogP contribution in [0.25, 0.3) is 0 Å². The van der Waals surface area contributed by atoms with Crippen LogP contribution in [0.5, 0.6) is 0 Å². The molecule has 0 atom stereocenters. The Labute approximate surface area is 169 Å². The molecule has 1 N–H and O–H groups in total. The van der Waals surface area contributed by atoms with Crippen molar-refractivity contribution in [3.05, 3.63) is 65.5 Å². The number of ketones is 1. The molecule has 29 heavy (non-hydrogen) atoms. The monoisotopic (exact) mass is 397 g/mol. The molecule has 1 fully saturated rings. The van der Waals surface area contributed by atoms with Gasteiger partial charge in [0.05, 0.1) is 12.2 Å². The summed E-state index contributed by atoms with van der Waals surface area (Å²) in [6.45, 7) is 3.57.